The van der Waals surface area contributed by atoms with Gasteiger partial charge in [-0.05, 0) is 69.5 Å². The van der Waals surface area contributed by atoms with Crippen LogP contribution in [-0.4, -0.2) is 10.1 Å². The highest BCUT2D eigenvalue weighted by atomic mass is 16.3. The first-order chi connectivity index (χ1) is 17.9. The second-order valence-electron chi connectivity index (χ2n) is 10.2. The molecule has 0 amide bonds. The number of hydrogen-bond donors (Lipinski definition) is 1. The molecular formula is C35H33NO. The fourth-order valence-electron chi connectivity index (χ4n) is 4.99. The van der Waals surface area contributed by atoms with Gasteiger partial charge >= 0.3 is 0 Å². The maximum atomic E-state index is 10.7. The molecule has 0 aliphatic rings. The van der Waals surface area contributed by atoms with Gasteiger partial charge in [0.25, 0.3) is 0 Å². The van der Waals surface area contributed by atoms with E-state index in [1.54, 1.807) is 6.07 Å². The van der Waals surface area contributed by atoms with Gasteiger partial charge in [0.15, 0.2) is 0 Å². The highest BCUT2D eigenvalue weighted by Gasteiger charge is 2.20. The van der Waals surface area contributed by atoms with Crippen molar-refractivity contribution in [2.45, 2.75) is 39.5 Å². The van der Waals surface area contributed by atoms with Gasteiger partial charge < -0.3 is 5.11 Å². The van der Waals surface area contributed by atoms with E-state index in [2.05, 4.69) is 94.4 Å². The first kappa shape index (κ1) is 24.5. The number of aromatic hydroxyl groups is 1. The lowest BCUT2D eigenvalue weighted by Gasteiger charge is -2.23. The van der Waals surface area contributed by atoms with Crippen molar-refractivity contribution >= 4 is 0 Å². The molecule has 0 fully saturated rings. The van der Waals surface area contributed by atoms with Crippen molar-refractivity contribution in [2.24, 2.45) is 0 Å². The number of pyridine rings is 1. The fourth-order valence-corrected chi connectivity index (χ4v) is 4.99. The quantitative estimate of drug-likeness (QED) is 0.261. The Labute approximate surface area is 220 Å². The van der Waals surface area contributed by atoms with Crippen LogP contribution in [0.3, 0.4) is 0 Å². The van der Waals surface area contributed by atoms with Gasteiger partial charge in [0, 0.05) is 11.1 Å². The van der Waals surface area contributed by atoms with Crippen molar-refractivity contribution in [2.75, 3.05) is 0 Å². The van der Waals surface area contributed by atoms with Crippen LogP contribution in [0, 0.1) is 0 Å². The van der Waals surface area contributed by atoms with Crippen molar-refractivity contribution in [1.29, 1.82) is 0 Å². The third-order valence-electron chi connectivity index (χ3n) is 6.91. The van der Waals surface area contributed by atoms with Gasteiger partial charge in [0.05, 0.1) is 11.4 Å². The van der Waals surface area contributed by atoms with E-state index in [9.17, 15) is 5.11 Å². The smallest absolute Gasteiger partial charge is 0.124 e. The molecule has 0 bridgehead atoms. The number of benzene rings is 4. The van der Waals surface area contributed by atoms with E-state index in [0.29, 0.717) is 11.8 Å². The molecule has 4 aromatic carbocycles. The first-order valence-electron chi connectivity index (χ1n) is 13.0. The van der Waals surface area contributed by atoms with Crippen molar-refractivity contribution in [3.8, 4) is 50.5 Å². The Kier molecular flexibility index (Phi) is 6.92. The molecule has 0 saturated heterocycles. The Morgan fingerprint density at radius 1 is 0.514 bits per heavy atom. The summed E-state index contributed by atoms with van der Waals surface area (Å²) in [4.78, 5) is 5.01. The van der Waals surface area contributed by atoms with Crippen molar-refractivity contribution < 1.29 is 5.11 Å². The van der Waals surface area contributed by atoms with Crippen LogP contribution in [0.15, 0.2) is 109 Å². The molecule has 1 aromatic heterocycles. The summed E-state index contributed by atoms with van der Waals surface area (Å²) in [6, 6.07) is 37.4. The lowest BCUT2D eigenvalue weighted by molar-refractivity contribution is 0.477. The average Bonchev–Trinajstić information content (AvgIpc) is 2.93. The summed E-state index contributed by atoms with van der Waals surface area (Å²) in [5.41, 5.74) is 11.0. The summed E-state index contributed by atoms with van der Waals surface area (Å²) in [7, 11) is 0. The first-order valence-corrected chi connectivity index (χ1v) is 13.0. The highest BCUT2D eigenvalue weighted by Crippen LogP contribution is 2.42. The van der Waals surface area contributed by atoms with E-state index in [4.69, 9.17) is 4.98 Å². The Morgan fingerprint density at radius 2 is 1.03 bits per heavy atom. The lowest BCUT2D eigenvalue weighted by atomic mass is 9.82. The van der Waals surface area contributed by atoms with Crippen LogP contribution in [0.2, 0.25) is 0 Å². The van der Waals surface area contributed by atoms with E-state index in [-0.39, 0.29) is 5.75 Å². The number of aromatic nitrogens is 1. The zero-order valence-corrected chi connectivity index (χ0v) is 21.9. The molecule has 0 aliphatic heterocycles. The maximum Gasteiger partial charge on any atom is 0.124 e. The van der Waals surface area contributed by atoms with Gasteiger partial charge in [0.1, 0.15) is 5.75 Å². The molecule has 0 radical (unpaired) electrons. The molecule has 0 unspecified atom stereocenters. The van der Waals surface area contributed by atoms with Gasteiger partial charge in [-0.1, -0.05) is 113 Å². The van der Waals surface area contributed by atoms with Gasteiger partial charge in [0.2, 0.25) is 0 Å². The topological polar surface area (TPSA) is 33.1 Å². The summed E-state index contributed by atoms with van der Waals surface area (Å²) >= 11 is 0. The molecule has 184 valence electrons. The summed E-state index contributed by atoms with van der Waals surface area (Å²) in [6.07, 6.45) is 0. The van der Waals surface area contributed by atoms with E-state index >= 15 is 0 Å². The number of para-hydroxylation sites is 1. The Bertz CT molecular complexity index is 1490. The molecule has 5 rings (SSSR count). The molecule has 2 heteroatoms. The minimum absolute atomic E-state index is 0.235. The number of rotatable bonds is 6. The Balaban J connectivity index is 1.81. The number of nitrogens with zero attached hydrogens (tertiary/aromatic N) is 1. The van der Waals surface area contributed by atoms with Crippen LogP contribution in [0.1, 0.15) is 50.7 Å². The van der Waals surface area contributed by atoms with E-state index in [1.165, 1.54) is 27.8 Å². The highest BCUT2D eigenvalue weighted by molar-refractivity contribution is 5.83. The second kappa shape index (κ2) is 10.4. The molecule has 1 N–H and O–H groups in total. The van der Waals surface area contributed by atoms with Crippen molar-refractivity contribution in [3.63, 3.8) is 0 Å². The summed E-state index contributed by atoms with van der Waals surface area (Å²) in [5.74, 6) is 0.898. The van der Waals surface area contributed by atoms with Crippen LogP contribution in [0.5, 0.6) is 5.75 Å². The average molecular weight is 484 g/mol. The van der Waals surface area contributed by atoms with Gasteiger partial charge in [-0.25, -0.2) is 4.98 Å². The van der Waals surface area contributed by atoms with E-state index in [1.807, 2.05) is 36.4 Å². The molecule has 2 nitrogen and oxygen atoms in total. The molecule has 5 aromatic rings. The standard InChI is InChI=1S/C35H33NO/c1-23(2)30-19-27(25-13-7-5-8-14-25)20-31(24(3)4)35(30)28-21-32(26-15-9-6-10-16-26)36-33(22-28)29-17-11-12-18-34(29)37/h5-24,37H,1-4H3. The maximum absolute atomic E-state index is 10.7. The van der Waals surface area contributed by atoms with E-state index < -0.39 is 0 Å². The van der Waals surface area contributed by atoms with Crippen LogP contribution in [0.25, 0.3) is 44.8 Å². The monoisotopic (exact) mass is 483 g/mol. The molecular weight excluding hydrogens is 450 g/mol. The summed E-state index contributed by atoms with van der Waals surface area (Å²) < 4.78 is 0. The van der Waals surface area contributed by atoms with Crippen molar-refractivity contribution in [3.05, 3.63) is 120 Å². The van der Waals surface area contributed by atoms with Crippen LogP contribution in [-0.2, 0) is 0 Å². The van der Waals surface area contributed by atoms with Crippen molar-refractivity contribution in [1.82, 2.24) is 4.98 Å². The van der Waals surface area contributed by atoms with Crippen LogP contribution >= 0.6 is 0 Å². The van der Waals surface area contributed by atoms with E-state index in [0.717, 1.165) is 28.1 Å². The van der Waals surface area contributed by atoms with Gasteiger partial charge in [-0.15, -0.1) is 0 Å². The van der Waals surface area contributed by atoms with Gasteiger partial charge in [-0.3, -0.25) is 0 Å². The Morgan fingerprint density at radius 3 is 1.59 bits per heavy atom. The minimum atomic E-state index is 0.235. The molecule has 37 heavy (non-hydrogen) atoms. The lowest BCUT2D eigenvalue weighted by Crippen LogP contribution is -2.02. The number of hydrogen-bond acceptors (Lipinski definition) is 2. The third-order valence-corrected chi connectivity index (χ3v) is 6.91. The number of phenolic OH excluding ortho intramolecular Hbond substituents is 1. The summed E-state index contributed by atoms with van der Waals surface area (Å²) in [6.45, 7) is 9.06. The SMILES string of the molecule is CC(C)c1cc(-c2ccccc2)cc(C(C)C)c1-c1cc(-c2ccccc2)nc(-c2ccccc2O)c1. The van der Waals surface area contributed by atoms with Gasteiger partial charge in [-0.2, -0.15) is 0 Å². The predicted molar refractivity (Wildman–Crippen MR) is 156 cm³/mol. The second-order valence-corrected chi connectivity index (χ2v) is 10.2. The minimum Gasteiger partial charge on any atom is -0.507 e. The predicted octanol–water partition coefficient (Wildman–Crippen LogP) is 9.70. The number of phenols is 1. The normalized spacial score (nSPS) is 11.3. The molecule has 0 atom stereocenters. The third kappa shape index (κ3) is 5.06. The van der Waals surface area contributed by atoms with Crippen LogP contribution in [0.4, 0.5) is 0 Å². The molecule has 1 heterocycles. The zero-order chi connectivity index (χ0) is 25.9. The largest absolute Gasteiger partial charge is 0.507 e. The molecule has 0 spiro atoms. The summed E-state index contributed by atoms with van der Waals surface area (Å²) in [5, 5.41) is 10.7. The molecule has 0 saturated carbocycles. The van der Waals surface area contributed by atoms with Crippen LogP contribution < -0.4 is 0 Å². The molecule has 0 aliphatic carbocycles. The Hall–Kier alpha value is -4.17. The fraction of sp³-hybridized carbons (Fsp3) is 0.171. The zero-order valence-electron chi connectivity index (χ0n) is 21.9.